The maximum absolute atomic E-state index is 12.8. The van der Waals surface area contributed by atoms with Gasteiger partial charge in [-0.3, -0.25) is 4.79 Å². The molecule has 2 heterocycles. The molecule has 0 radical (unpaired) electrons. The molecule has 1 aliphatic heterocycles. The number of piperidine rings is 1. The molecule has 0 aromatic carbocycles. The van der Waals surface area contributed by atoms with Crippen molar-refractivity contribution in [1.29, 1.82) is 0 Å². The summed E-state index contributed by atoms with van der Waals surface area (Å²) in [5.41, 5.74) is 5.39. The number of nitrogens with two attached hydrogens (primary N) is 1. The molecule has 2 aliphatic rings. The fourth-order valence-corrected chi connectivity index (χ4v) is 4.51. The number of hydrogen-bond acceptors (Lipinski definition) is 3. The van der Waals surface area contributed by atoms with E-state index in [-0.39, 0.29) is 5.91 Å². The maximum atomic E-state index is 12.8. The fourth-order valence-electron chi connectivity index (χ4n) is 3.68. The predicted octanol–water partition coefficient (Wildman–Crippen LogP) is 2.85. The van der Waals surface area contributed by atoms with E-state index in [1.165, 1.54) is 43.4 Å². The van der Waals surface area contributed by atoms with Gasteiger partial charge >= 0.3 is 0 Å². The zero-order valence-electron chi connectivity index (χ0n) is 12.3. The van der Waals surface area contributed by atoms with E-state index in [4.69, 9.17) is 5.73 Å². The van der Waals surface area contributed by atoms with Crippen LogP contribution in [-0.2, 0) is 0 Å². The summed E-state index contributed by atoms with van der Waals surface area (Å²) in [5, 5.41) is 0. The summed E-state index contributed by atoms with van der Waals surface area (Å²) in [7, 11) is 0. The van der Waals surface area contributed by atoms with E-state index in [1.54, 1.807) is 0 Å². The van der Waals surface area contributed by atoms with E-state index in [9.17, 15) is 4.79 Å². The summed E-state index contributed by atoms with van der Waals surface area (Å²) in [4.78, 5) is 16.7. The molecule has 3 nitrogen and oxygen atoms in total. The Bertz CT molecular complexity index is 567. The number of nitrogens with zero attached hydrogens (tertiary/aromatic N) is 1. The Morgan fingerprint density at radius 1 is 1.29 bits per heavy atom. The third-order valence-corrected chi connectivity index (χ3v) is 5.62. The number of thiophene rings is 1. The molecule has 2 N–H and O–H groups in total. The first-order valence-electron chi connectivity index (χ1n) is 7.89. The Hall–Kier alpha value is -1.31. The van der Waals surface area contributed by atoms with Gasteiger partial charge in [-0.2, -0.15) is 0 Å². The largest absolute Gasteiger partial charge is 0.335 e. The van der Waals surface area contributed by atoms with Crippen LogP contribution in [0.1, 0.15) is 53.1 Å². The molecule has 21 heavy (non-hydrogen) atoms. The number of rotatable bonds is 1. The van der Waals surface area contributed by atoms with Crippen molar-refractivity contribution in [3.8, 4) is 11.8 Å². The van der Waals surface area contributed by atoms with E-state index >= 15 is 0 Å². The molecule has 1 aliphatic carbocycles. The summed E-state index contributed by atoms with van der Waals surface area (Å²) in [5.74, 6) is 6.79. The summed E-state index contributed by atoms with van der Waals surface area (Å²) in [6, 6.07) is 4.32. The van der Waals surface area contributed by atoms with Crippen molar-refractivity contribution < 1.29 is 4.79 Å². The molecule has 0 spiro atoms. The zero-order valence-corrected chi connectivity index (χ0v) is 13.1. The Morgan fingerprint density at radius 3 is 2.95 bits per heavy atom. The molecule has 2 fully saturated rings. The highest BCUT2D eigenvalue weighted by atomic mass is 32.1. The standard InChI is InChI=1S/C17H22N2OS/c18-11-3-7-14-9-10-16(21-14)17(20)19-12-4-6-13-5-1-2-8-15(13)19/h9-10,13,15H,1-2,4-6,8,11-12,18H2. The highest BCUT2D eigenvalue weighted by molar-refractivity contribution is 7.14. The van der Waals surface area contributed by atoms with Crippen molar-refractivity contribution in [2.24, 2.45) is 11.7 Å². The van der Waals surface area contributed by atoms with Gasteiger partial charge < -0.3 is 10.6 Å². The maximum Gasteiger partial charge on any atom is 0.264 e. The third kappa shape index (κ3) is 3.14. The van der Waals surface area contributed by atoms with Gasteiger partial charge in [0.2, 0.25) is 0 Å². The lowest BCUT2D eigenvalue weighted by Gasteiger charge is -2.44. The first kappa shape index (κ1) is 14.6. The van der Waals surface area contributed by atoms with E-state index in [0.717, 1.165) is 28.6 Å². The van der Waals surface area contributed by atoms with Crippen LogP contribution in [0.25, 0.3) is 0 Å². The van der Waals surface area contributed by atoms with Gasteiger partial charge in [0.25, 0.3) is 5.91 Å². The number of hydrogen-bond donors (Lipinski definition) is 1. The number of carbonyl (C=O) groups is 1. The summed E-state index contributed by atoms with van der Waals surface area (Å²) in [6.07, 6.45) is 7.53. The van der Waals surface area contributed by atoms with E-state index < -0.39 is 0 Å². The second-order valence-corrected chi connectivity index (χ2v) is 7.01. The molecule has 112 valence electrons. The molecular weight excluding hydrogens is 280 g/mol. The van der Waals surface area contributed by atoms with Gasteiger partial charge in [-0.1, -0.05) is 24.7 Å². The van der Waals surface area contributed by atoms with Crippen molar-refractivity contribution in [3.63, 3.8) is 0 Å². The quantitative estimate of drug-likeness (QED) is 0.811. The Balaban J connectivity index is 1.75. The monoisotopic (exact) mass is 302 g/mol. The second kappa shape index (κ2) is 6.64. The van der Waals surface area contributed by atoms with Gasteiger partial charge in [0.15, 0.2) is 0 Å². The molecule has 2 unspecified atom stereocenters. The van der Waals surface area contributed by atoms with Crippen LogP contribution >= 0.6 is 11.3 Å². The van der Waals surface area contributed by atoms with E-state index in [1.807, 2.05) is 12.1 Å². The van der Waals surface area contributed by atoms with Crippen LogP contribution in [-0.4, -0.2) is 29.9 Å². The van der Waals surface area contributed by atoms with Gasteiger partial charge in [0, 0.05) is 12.6 Å². The minimum absolute atomic E-state index is 0.206. The first-order valence-corrected chi connectivity index (χ1v) is 8.71. The smallest absolute Gasteiger partial charge is 0.264 e. The van der Waals surface area contributed by atoms with E-state index in [2.05, 4.69) is 16.7 Å². The molecule has 1 saturated carbocycles. The molecule has 1 aromatic rings. The second-order valence-electron chi connectivity index (χ2n) is 5.92. The average Bonchev–Trinajstić information content (AvgIpc) is 3.00. The first-order chi connectivity index (χ1) is 10.3. The normalized spacial score (nSPS) is 24.9. The lowest BCUT2D eigenvalue weighted by Crippen LogP contribution is -2.49. The number of fused-ring (bicyclic) bond motifs is 1. The molecule has 1 amide bonds. The molecule has 1 saturated heterocycles. The van der Waals surface area contributed by atoms with Crippen molar-refractivity contribution in [2.75, 3.05) is 13.1 Å². The zero-order chi connectivity index (χ0) is 14.7. The lowest BCUT2D eigenvalue weighted by atomic mass is 9.78. The topological polar surface area (TPSA) is 46.3 Å². The highest BCUT2D eigenvalue weighted by Gasteiger charge is 2.36. The van der Waals surface area contributed by atoms with Crippen molar-refractivity contribution in [3.05, 3.63) is 21.9 Å². The number of amides is 1. The summed E-state index contributed by atoms with van der Waals surface area (Å²) >= 11 is 1.49. The van der Waals surface area contributed by atoms with Crippen molar-refractivity contribution in [2.45, 2.75) is 44.6 Å². The molecular formula is C17H22N2OS. The Labute approximate surface area is 130 Å². The van der Waals surface area contributed by atoms with Gasteiger partial charge in [0.05, 0.1) is 16.3 Å². The number of likely N-dealkylation sites (tertiary alicyclic amines) is 1. The van der Waals surface area contributed by atoms with Crippen molar-refractivity contribution in [1.82, 2.24) is 4.90 Å². The van der Waals surface area contributed by atoms with Gasteiger partial charge in [-0.25, -0.2) is 0 Å². The van der Waals surface area contributed by atoms with Crippen LogP contribution < -0.4 is 5.73 Å². The van der Waals surface area contributed by atoms with E-state index in [0.29, 0.717) is 12.6 Å². The lowest BCUT2D eigenvalue weighted by molar-refractivity contribution is 0.0395. The molecule has 1 aromatic heterocycles. The van der Waals surface area contributed by atoms with Gasteiger partial charge in [-0.05, 0) is 43.7 Å². The summed E-state index contributed by atoms with van der Waals surface area (Å²) in [6.45, 7) is 1.28. The van der Waals surface area contributed by atoms with Crippen LogP contribution in [0, 0.1) is 17.8 Å². The minimum atomic E-state index is 0.206. The summed E-state index contributed by atoms with van der Waals surface area (Å²) < 4.78 is 0. The van der Waals surface area contributed by atoms with Crippen LogP contribution in [0.2, 0.25) is 0 Å². The van der Waals surface area contributed by atoms with Crippen LogP contribution in [0.5, 0.6) is 0 Å². The Kier molecular flexibility index (Phi) is 4.62. The van der Waals surface area contributed by atoms with Crippen LogP contribution in [0.3, 0.4) is 0 Å². The van der Waals surface area contributed by atoms with Gasteiger partial charge in [0.1, 0.15) is 0 Å². The van der Waals surface area contributed by atoms with Crippen LogP contribution in [0.4, 0.5) is 0 Å². The average molecular weight is 302 g/mol. The Morgan fingerprint density at radius 2 is 2.10 bits per heavy atom. The number of carbonyl (C=O) groups excluding carboxylic acids is 1. The van der Waals surface area contributed by atoms with Crippen molar-refractivity contribution >= 4 is 17.2 Å². The van der Waals surface area contributed by atoms with Crippen LogP contribution in [0.15, 0.2) is 12.1 Å². The van der Waals surface area contributed by atoms with Gasteiger partial charge in [-0.15, -0.1) is 11.3 Å². The minimum Gasteiger partial charge on any atom is -0.335 e. The fraction of sp³-hybridized carbons (Fsp3) is 0.588. The molecule has 2 atom stereocenters. The molecule has 4 heteroatoms. The predicted molar refractivity (Wildman–Crippen MR) is 86.3 cm³/mol. The third-order valence-electron chi connectivity index (χ3n) is 4.63. The molecule has 3 rings (SSSR count). The molecule has 0 bridgehead atoms. The highest BCUT2D eigenvalue weighted by Crippen LogP contribution is 2.36. The SMILES string of the molecule is NCC#Cc1ccc(C(=O)N2CCCC3CCCCC32)s1.